The van der Waals surface area contributed by atoms with Crippen molar-refractivity contribution in [3.63, 3.8) is 0 Å². The van der Waals surface area contributed by atoms with Gasteiger partial charge in [-0.25, -0.2) is 4.79 Å². The maximum atomic E-state index is 12.3. The minimum absolute atomic E-state index is 0.110. The monoisotopic (exact) mass is 326 g/mol. The van der Waals surface area contributed by atoms with Gasteiger partial charge in [0.2, 0.25) is 0 Å². The first kappa shape index (κ1) is 18.5. The Labute approximate surface area is 140 Å². The van der Waals surface area contributed by atoms with Crippen molar-refractivity contribution < 1.29 is 14.6 Å². The van der Waals surface area contributed by atoms with Crippen molar-refractivity contribution in [3.8, 4) is 0 Å². The lowest BCUT2D eigenvalue weighted by molar-refractivity contribution is 0.0212. The van der Waals surface area contributed by atoms with Crippen molar-refractivity contribution in [2.75, 3.05) is 6.54 Å². The number of aliphatic hydroxyl groups is 1. The molecule has 1 heterocycles. The topological polar surface area (TPSA) is 61.8 Å². The minimum Gasteiger partial charge on any atom is -0.444 e. The zero-order valence-electron chi connectivity index (χ0n) is 15.2. The number of hydrogen-bond acceptors (Lipinski definition) is 4. The highest BCUT2D eigenvalue weighted by Crippen LogP contribution is 2.25. The van der Waals surface area contributed by atoms with Crippen molar-refractivity contribution >= 4 is 6.09 Å². The second-order valence-corrected chi connectivity index (χ2v) is 8.28. The molecular weight excluding hydrogens is 292 g/mol. The van der Waals surface area contributed by atoms with Gasteiger partial charge in [0.1, 0.15) is 5.60 Å². The number of hydrogen-bond donors (Lipinski definition) is 2. The van der Waals surface area contributed by atoms with E-state index >= 15 is 0 Å². The quantitative estimate of drug-likeness (QED) is 0.833. The molecule has 0 radical (unpaired) electrons. The Hall–Kier alpha value is -0.810. The smallest absolute Gasteiger partial charge is 0.410 e. The van der Waals surface area contributed by atoms with Crippen LogP contribution in [0.2, 0.25) is 0 Å². The number of amides is 1. The number of nitrogens with one attached hydrogen (secondary N) is 1. The summed E-state index contributed by atoms with van der Waals surface area (Å²) in [7, 11) is 0. The molecule has 2 atom stereocenters. The summed E-state index contributed by atoms with van der Waals surface area (Å²) in [5.74, 6) is 0. The van der Waals surface area contributed by atoms with Crippen molar-refractivity contribution in [1.29, 1.82) is 0 Å². The van der Waals surface area contributed by atoms with E-state index < -0.39 is 5.60 Å². The Morgan fingerprint density at radius 2 is 1.91 bits per heavy atom. The van der Waals surface area contributed by atoms with Crippen LogP contribution < -0.4 is 5.32 Å². The van der Waals surface area contributed by atoms with Gasteiger partial charge < -0.3 is 20.1 Å². The lowest BCUT2D eigenvalue weighted by Gasteiger charge is -2.32. The molecule has 0 spiro atoms. The summed E-state index contributed by atoms with van der Waals surface area (Å²) in [5.41, 5.74) is -0.434. The van der Waals surface area contributed by atoms with Gasteiger partial charge in [-0.1, -0.05) is 0 Å². The molecule has 2 N–H and O–H groups in total. The predicted molar refractivity (Wildman–Crippen MR) is 91.4 cm³/mol. The average Bonchev–Trinajstić information content (AvgIpc) is 2.87. The van der Waals surface area contributed by atoms with Gasteiger partial charge in [-0.05, 0) is 72.6 Å². The van der Waals surface area contributed by atoms with Crippen LogP contribution in [0.25, 0.3) is 0 Å². The summed E-state index contributed by atoms with van der Waals surface area (Å²) >= 11 is 0. The number of aliphatic hydroxyl groups excluding tert-OH is 1. The van der Waals surface area contributed by atoms with E-state index in [1.165, 1.54) is 0 Å². The lowest BCUT2D eigenvalue weighted by atomic mass is 9.92. The van der Waals surface area contributed by atoms with E-state index in [1.807, 2.05) is 25.7 Å². The molecule has 1 saturated heterocycles. The van der Waals surface area contributed by atoms with Crippen molar-refractivity contribution in [3.05, 3.63) is 0 Å². The van der Waals surface area contributed by atoms with Crippen LogP contribution in [0, 0.1) is 0 Å². The highest BCUT2D eigenvalue weighted by molar-refractivity contribution is 5.68. The summed E-state index contributed by atoms with van der Waals surface area (Å²) < 4.78 is 5.53. The SMILES string of the molecule is C[C@H](C[C@H]1CCCN1C(=O)OC(C)(C)C)NC1CCC(O)CC1. The molecule has 2 rings (SSSR count). The molecule has 0 aromatic heterocycles. The fourth-order valence-electron chi connectivity index (χ4n) is 3.76. The van der Waals surface area contributed by atoms with E-state index in [9.17, 15) is 9.90 Å². The van der Waals surface area contributed by atoms with E-state index in [1.54, 1.807) is 0 Å². The number of likely N-dealkylation sites (tertiary alicyclic amines) is 1. The van der Waals surface area contributed by atoms with E-state index in [2.05, 4.69) is 12.2 Å². The normalized spacial score (nSPS) is 30.3. The number of ether oxygens (including phenoxy) is 1. The van der Waals surface area contributed by atoms with Gasteiger partial charge in [0, 0.05) is 24.7 Å². The predicted octanol–water partition coefficient (Wildman–Crippen LogP) is 3.06. The number of carbonyl (C=O) groups excluding carboxylic acids is 1. The van der Waals surface area contributed by atoms with Gasteiger partial charge in [0.15, 0.2) is 0 Å². The molecule has 1 amide bonds. The standard InChI is InChI=1S/C18H34N2O3/c1-13(19-14-7-9-16(21)10-8-14)12-15-6-5-11-20(15)17(22)23-18(2,3)4/h13-16,19,21H,5-12H2,1-4H3/t13-,14?,15-,16?/m1/s1. The lowest BCUT2D eigenvalue weighted by Crippen LogP contribution is -2.45. The van der Waals surface area contributed by atoms with Gasteiger partial charge in [-0.2, -0.15) is 0 Å². The molecule has 1 saturated carbocycles. The number of nitrogens with zero attached hydrogens (tertiary/aromatic N) is 1. The molecule has 0 aromatic rings. The van der Waals surface area contributed by atoms with Crippen LogP contribution in [0.5, 0.6) is 0 Å². The van der Waals surface area contributed by atoms with Crippen LogP contribution in [0.15, 0.2) is 0 Å². The van der Waals surface area contributed by atoms with Crippen LogP contribution in [0.4, 0.5) is 4.79 Å². The molecule has 23 heavy (non-hydrogen) atoms. The van der Waals surface area contributed by atoms with E-state index in [-0.39, 0.29) is 18.2 Å². The third-order valence-electron chi connectivity index (χ3n) is 4.85. The van der Waals surface area contributed by atoms with Gasteiger partial charge in [-0.3, -0.25) is 0 Å². The van der Waals surface area contributed by atoms with Crippen LogP contribution in [0.3, 0.4) is 0 Å². The van der Waals surface area contributed by atoms with E-state index in [4.69, 9.17) is 4.74 Å². The average molecular weight is 326 g/mol. The Morgan fingerprint density at radius 1 is 1.26 bits per heavy atom. The molecule has 2 aliphatic rings. The molecule has 1 aliphatic carbocycles. The molecule has 0 bridgehead atoms. The molecule has 5 nitrogen and oxygen atoms in total. The fourth-order valence-corrected chi connectivity index (χ4v) is 3.76. The molecule has 0 aromatic carbocycles. The largest absolute Gasteiger partial charge is 0.444 e. The summed E-state index contributed by atoms with van der Waals surface area (Å²) in [6.45, 7) is 8.76. The second kappa shape index (κ2) is 7.84. The third kappa shape index (κ3) is 5.96. The Bertz CT molecular complexity index is 386. The molecule has 0 unspecified atom stereocenters. The van der Waals surface area contributed by atoms with Crippen molar-refractivity contribution in [1.82, 2.24) is 10.2 Å². The molecule has 134 valence electrons. The minimum atomic E-state index is -0.434. The molecular formula is C18H34N2O3. The summed E-state index contributed by atoms with van der Waals surface area (Å²) in [4.78, 5) is 14.2. The fraction of sp³-hybridized carbons (Fsp3) is 0.944. The summed E-state index contributed by atoms with van der Waals surface area (Å²) in [6, 6.07) is 1.16. The maximum absolute atomic E-state index is 12.3. The zero-order valence-corrected chi connectivity index (χ0v) is 15.2. The zero-order chi connectivity index (χ0) is 17.0. The third-order valence-corrected chi connectivity index (χ3v) is 4.85. The van der Waals surface area contributed by atoms with Gasteiger partial charge in [-0.15, -0.1) is 0 Å². The highest BCUT2D eigenvalue weighted by atomic mass is 16.6. The number of carbonyl (C=O) groups is 1. The van der Waals surface area contributed by atoms with E-state index in [0.717, 1.165) is 51.5 Å². The number of rotatable bonds is 4. The molecule has 2 fully saturated rings. The van der Waals surface area contributed by atoms with Gasteiger partial charge in [0.05, 0.1) is 6.10 Å². The van der Waals surface area contributed by atoms with Crippen LogP contribution in [0.1, 0.15) is 72.6 Å². The van der Waals surface area contributed by atoms with Crippen LogP contribution >= 0.6 is 0 Å². The Morgan fingerprint density at radius 3 is 2.52 bits per heavy atom. The van der Waals surface area contributed by atoms with Gasteiger partial charge >= 0.3 is 6.09 Å². The second-order valence-electron chi connectivity index (χ2n) is 8.28. The first-order valence-corrected chi connectivity index (χ1v) is 9.18. The first-order chi connectivity index (χ1) is 10.7. The van der Waals surface area contributed by atoms with Crippen molar-refractivity contribution in [2.45, 2.75) is 102 Å². The summed E-state index contributed by atoms with van der Waals surface area (Å²) in [5, 5.41) is 13.3. The summed E-state index contributed by atoms with van der Waals surface area (Å²) in [6.07, 6.45) is 6.71. The highest BCUT2D eigenvalue weighted by Gasteiger charge is 2.33. The maximum Gasteiger partial charge on any atom is 0.410 e. The first-order valence-electron chi connectivity index (χ1n) is 9.18. The van der Waals surface area contributed by atoms with Gasteiger partial charge in [0.25, 0.3) is 0 Å². The van der Waals surface area contributed by atoms with Crippen LogP contribution in [-0.4, -0.2) is 52.5 Å². The van der Waals surface area contributed by atoms with Crippen molar-refractivity contribution in [2.24, 2.45) is 0 Å². The van der Waals surface area contributed by atoms with E-state index in [0.29, 0.717) is 12.1 Å². The Kier molecular flexibility index (Phi) is 6.32. The van der Waals surface area contributed by atoms with Crippen LogP contribution in [-0.2, 0) is 4.74 Å². The molecule has 1 aliphatic heterocycles. The molecule has 5 heteroatoms. The Balaban J connectivity index is 1.79.